The predicted molar refractivity (Wildman–Crippen MR) is 112 cm³/mol. The average Bonchev–Trinajstić information content (AvgIpc) is 3.34. The number of aryl methyl sites for hydroxylation is 1. The Hall–Kier alpha value is -2.86. The molecule has 5 rings (SSSR count). The second-order valence-corrected chi connectivity index (χ2v) is 9.08. The highest BCUT2D eigenvalue weighted by Gasteiger charge is 2.44. The molecule has 1 fully saturated rings. The first-order valence-electron chi connectivity index (χ1n) is 10.5. The molecule has 32 heavy (non-hydrogen) atoms. The number of nitrogens with zero attached hydrogens (tertiary/aromatic N) is 5. The highest BCUT2D eigenvalue weighted by Crippen LogP contribution is 2.35. The molecule has 4 heterocycles. The van der Waals surface area contributed by atoms with Gasteiger partial charge in [-0.2, -0.15) is 0 Å². The molecule has 11 heteroatoms. The average molecular weight is 443 g/mol. The van der Waals surface area contributed by atoms with E-state index in [2.05, 4.69) is 24.2 Å². The molecule has 1 aromatic carbocycles. The largest absolute Gasteiger partial charge is 0.394 e. The van der Waals surface area contributed by atoms with Crippen molar-refractivity contribution in [1.29, 1.82) is 0 Å². The van der Waals surface area contributed by atoms with Crippen molar-refractivity contribution in [3.63, 3.8) is 0 Å². The van der Waals surface area contributed by atoms with Gasteiger partial charge >= 0.3 is 5.69 Å². The molecule has 2 aromatic heterocycles. The van der Waals surface area contributed by atoms with Gasteiger partial charge < -0.3 is 20.1 Å². The second-order valence-electron chi connectivity index (χ2n) is 9.08. The molecule has 2 aliphatic rings. The van der Waals surface area contributed by atoms with Crippen molar-refractivity contribution in [2.75, 3.05) is 6.61 Å². The number of ether oxygens (including phenoxy) is 1. The molecular weight excluding hydrogens is 418 g/mol. The topological polar surface area (TPSA) is 145 Å². The lowest BCUT2D eigenvalue weighted by Gasteiger charge is -2.33. The van der Waals surface area contributed by atoms with Gasteiger partial charge in [-0.25, -0.2) is 9.48 Å². The molecule has 3 aromatic rings. The highest BCUT2D eigenvalue weighted by atomic mass is 16.6. The van der Waals surface area contributed by atoms with Crippen LogP contribution in [0.4, 0.5) is 0 Å². The van der Waals surface area contributed by atoms with E-state index in [-0.39, 0.29) is 12.0 Å². The summed E-state index contributed by atoms with van der Waals surface area (Å²) in [5.74, 6) is 0. The SMILES string of the molecule is CC1(C)CCn2c(=O)n(Cc3cn([C@@H]4O[C@H](CO)[C@@H](O)[C@H]4O)nn3)c(=O)c3cccc1c32. The number of rotatable bonds is 4. The molecule has 2 aliphatic heterocycles. The Morgan fingerprint density at radius 1 is 1.22 bits per heavy atom. The molecule has 0 aliphatic carbocycles. The number of aromatic nitrogens is 5. The standard InChI is InChI=1S/C21H25N5O6/c1-21(2)6-7-24-15-12(4-3-5-13(15)21)18(30)25(20(24)31)8-11-9-26(23-22-11)19-17(29)16(28)14(10-27)32-19/h3-5,9,14,16-17,19,27-29H,6-8,10H2,1-2H3/t14-,16-,17-,19-/m1/s1. The van der Waals surface area contributed by atoms with Crippen molar-refractivity contribution in [3.8, 4) is 0 Å². The van der Waals surface area contributed by atoms with Gasteiger partial charge in [-0.05, 0) is 23.5 Å². The summed E-state index contributed by atoms with van der Waals surface area (Å²) in [7, 11) is 0. The summed E-state index contributed by atoms with van der Waals surface area (Å²) in [6, 6.07) is 5.53. The van der Waals surface area contributed by atoms with Gasteiger partial charge in [0.15, 0.2) is 6.23 Å². The minimum atomic E-state index is -1.30. The van der Waals surface area contributed by atoms with E-state index in [1.54, 1.807) is 10.6 Å². The van der Waals surface area contributed by atoms with Crippen molar-refractivity contribution >= 4 is 10.9 Å². The fraction of sp³-hybridized carbons (Fsp3) is 0.524. The molecule has 11 nitrogen and oxygen atoms in total. The van der Waals surface area contributed by atoms with Crippen molar-refractivity contribution in [3.05, 3.63) is 56.5 Å². The first-order chi connectivity index (χ1) is 15.2. The van der Waals surface area contributed by atoms with E-state index in [0.717, 1.165) is 16.6 Å². The van der Waals surface area contributed by atoms with Crippen molar-refractivity contribution in [2.45, 2.75) is 63.3 Å². The second kappa shape index (κ2) is 7.34. The molecule has 1 saturated heterocycles. The minimum Gasteiger partial charge on any atom is -0.394 e. The molecule has 0 amide bonds. The van der Waals surface area contributed by atoms with Gasteiger partial charge in [0.05, 0.1) is 30.3 Å². The van der Waals surface area contributed by atoms with Gasteiger partial charge in [-0.1, -0.05) is 31.2 Å². The summed E-state index contributed by atoms with van der Waals surface area (Å²) in [6.07, 6.45) is -2.32. The summed E-state index contributed by atoms with van der Waals surface area (Å²) >= 11 is 0. The van der Waals surface area contributed by atoms with Crippen LogP contribution in [0.3, 0.4) is 0 Å². The van der Waals surface area contributed by atoms with Gasteiger partial charge in [-0.3, -0.25) is 13.9 Å². The molecule has 0 spiro atoms. The Kier molecular flexibility index (Phi) is 4.82. The van der Waals surface area contributed by atoms with Crippen molar-refractivity contribution in [1.82, 2.24) is 24.1 Å². The van der Waals surface area contributed by atoms with Gasteiger partial charge in [-0.15, -0.1) is 5.10 Å². The summed E-state index contributed by atoms with van der Waals surface area (Å²) in [6.45, 7) is 4.17. The molecule has 4 atom stereocenters. The van der Waals surface area contributed by atoms with Crippen LogP contribution in [-0.4, -0.2) is 64.4 Å². The Morgan fingerprint density at radius 3 is 2.72 bits per heavy atom. The maximum Gasteiger partial charge on any atom is 0.331 e. The van der Waals surface area contributed by atoms with Gasteiger partial charge in [0.2, 0.25) is 0 Å². The molecule has 0 radical (unpaired) electrons. The summed E-state index contributed by atoms with van der Waals surface area (Å²) < 4.78 is 9.44. The number of benzene rings is 1. The first kappa shape index (κ1) is 21.0. The lowest BCUT2D eigenvalue weighted by molar-refractivity contribution is -0.0594. The van der Waals surface area contributed by atoms with Crippen LogP contribution in [0.15, 0.2) is 34.0 Å². The summed E-state index contributed by atoms with van der Waals surface area (Å²) in [5, 5.41) is 37.8. The third-order valence-corrected chi connectivity index (χ3v) is 6.59. The van der Waals surface area contributed by atoms with E-state index in [1.807, 2.05) is 12.1 Å². The third-order valence-electron chi connectivity index (χ3n) is 6.59. The number of hydrogen-bond acceptors (Lipinski definition) is 8. The normalized spacial score (nSPS) is 26.7. The minimum absolute atomic E-state index is 0.101. The number of hydrogen-bond donors (Lipinski definition) is 3. The van der Waals surface area contributed by atoms with E-state index >= 15 is 0 Å². The van der Waals surface area contributed by atoms with Crippen LogP contribution in [0.25, 0.3) is 10.9 Å². The molecule has 0 bridgehead atoms. The van der Waals surface area contributed by atoms with Crippen LogP contribution in [0, 0.1) is 0 Å². The van der Waals surface area contributed by atoms with E-state index < -0.39 is 42.4 Å². The molecular formula is C21H25N5O6. The smallest absolute Gasteiger partial charge is 0.331 e. The van der Waals surface area contributed by atoms with Crippen LogP contribution in [-0.2, 0) is 23.2 Å². The Bertz CT molecular complexity index is 1310. The van der Waals surface area contributed by atoms with Crippen LogP contribution < -0.4 is 11.2 Å². The molecule has 3 N–H and O–H groups in total. The highest BCUT2D eigenvalue weighted by molar-refractivity contribution is 5.83. The maximum absolute atomic E-state index is 13.2. The monoisotopic (exact) mass is 443 g/mol. The quantitative estimate of drug-likeness (QED) is 0.470. The Balaban J connectivity index is 1.53. The summed E-state index contributed by atoms with van der Waals surface area (Å²) in [5.41, 5.74) is 1.05. The molecule has 170 valence electrons. The van der Waals surface area contributed by atoms with Gasteiger partial charge in [0.25, 0.3) is 5.56 Å². The first-order valence-corrected chi connectivity index (χ1v) is 10.5. The van der Waals surface area contributed by atoms with E-state index in [0.29, 0.717) is 23.1 Å². The third kappa shape index (κ3) is 3.04. The van der Waals surface area contributed by atoms with E-state index in [1.165, 1.54) is 10.9 Å². The van der Waals surface area contributed by atoms with Crippen LogP contribution in [0.2, 0.25) is 0 Å². The number of aliphatic hydroxyl groups excluding tert-OH is 3. The Morgan fingerprint density at radius 2 is 2.00 bits per heavy atom. The summed E-state index contributed by atoms with van der Waals surface area (Å²) in [4.78, 5) is 26.4. The Labute approximate surface area is 182 Å². The lowest BCUT2D eigenvalue weighted by atomic mass is 9.78. The van der Waals surface area contributed by atoms with E-state index in [4.69, 9.17) is 4.74 Å². The molecule has 0 unspecified atom stereocenters. The fourth-order valence-electron chi connectivity index (χ4n) is 4.67. The zero-order valence-electron chi connectivity index (χ0n) is 17.7. The van der Waals surface area contributed by atoms with E-state index in [9.17, 15) is 24.9 Å². The van der Waals surface area contributed by atoms with Crippen LogP contribution in [0.1, 0.15) is 37.8 Å². The number of para-hydroxylation sites is 1. The fourth-order valence-corrected chi connectivity index (χ4v) is 4.67. The zero-order valence-corrected chi connectivity index (χ0v) is 17.7. The zero-order chi connectivity index (χ0) is 22.8. The van der Waals surface area contributed by atoms with Crippen LogP contribution >= 0.6 is 0 Å². The van der Waals surface area contributed by atoms with Crippen LogP contribution in [0.5, 0.6) is 0 Å². The van der Waals surface area contributed by atoms with Gasteiger partial charge in [0.1, 0.15) is 24.0 Å². The maximum atomic E-state index is 13.2. The van der Waals surface area contributed by atoms with Crippen molar-refractivity contribution < 1.29 is 20.1 Å². The molecule has 0 saturated carbocycles. The van der Waals surface area contributed by atoms with Crippen molar-refractivity contribution in [2.24, 2.45) is 0 Å². The number of aliphatic hydroxyl groups is 3. The van der Waals surface area contributed by atoms with Gasteiger partial charge in [0, 0.05) is 6.54 Å². The predicted octanol–water partition coefficient (Wildman–Crippen LogP) is -0.904. The lowest BCUT2D eigenvalue weighted by Crippen LogP contribution is -2.43.